The molecule has 0 saturated carbocycles. The van der Waals surface area contributed by atoms with Gasteiger partial charge in [-0.15, -0.1) is 0 Å². The first kappa shape index (κ1) is 14.8. The molecule has 0 spiro atoms. The maximum absolute atomic E-state index is 12.2. The van der Waals surface area contributed by atoms with Crippen molar-refractivity contribution < 1.29 is 19.4 Å². The zero-order chi connectivity index (χ0) is 14.7. The number of halogens is 1. The van der Waals surface area contributed by atoms with E-state index in [1.165, 1.54) is 0 Å². The third-order valence-corrected chi connectivity index (χ3v) is 3.81. The summed E-state index contributed by atoms with van der Waals surface area (Å²) in [6.45, 7) is 2.33. The fourth-order valence-corrected chi connectivity index (χ4v) is 2.55. The molecule has 1 fully saturated rings. The van der Waals surface area contributed by atoms with Crippen LogP contribution in [0.15, 0.2) is 24.3 Å². The lowest BCUT2D eigenvalue weighted by Gasteiger charge is -2.20. The Bertz CT molecular complexity index is 520. The topological polar surface area (TPSA) is 75.6 Å². The molecular weight excluding hydrogens is 282 g/mol. The molecule has 1 aromatic carbocycles. The average molecular weight is 298 g/mol. The molecule has 1 heterocycles. The number of benzene rings is 1. The van der Waals surface area contributed by atoms with E-state index in [1.807, 2.05) is 6.92 Å². The van der Waals surface area contributed by atoms with Gasteiger partial charge in [0.15, 0.2) is 6.04 Å². The Balaban J connectivity index is 2.16. The van der Waals surface area contributed by atoms with Crippen LogP contribution in [0.1, 0.15) is 24.9 Å². The van der Waals surface area contributed by atoms with Crippen molar-refractivity contribution in [2.45, 2.75) is 25.5 Å². The van der Waals surface area contributed by atoms with Crippen LogP contribution in [-0.2, 0) is 14.3 Å². The largest absolute Gasteiger partial charge is 0.479 e. The first-order valence-electron chi connectivity index (χ1n) is 6.40. The second-order valence-corrected chi connectivity index (χ2v) is 5.18. The number of carbonyl (C=O) groups is 2. The highest BCUT2D eigenvalue weighted by Gasteiger charge is 2.34. The molecule has 1 amide bonds. The van der Waals surface area contributed by atoms with E-state index in [1.54, 1.807) is 24.3 Å². The lowest BCUT2D eigenvalue weighted by atomic mass is 10.00. The summed E-state index contributed by atoms with van der Waals surface area (Å²) in [5.41, 5.74) is 0.376. The molecule has 5 nitrogen and oxygen atoms in total. The molecule has 1 saturated heterocycles. The Morgan fingerprint density at radius 1 is 1.45 bits per heavy atom. The van der Waals surface area contributed by atoms with E-state index in [0.717, 1.165) is 0 Å². The van der Waals surface area contributed by atoms with Crippen LogP contribution in [-0.4, -0.2) is 29.7 Å². The second-order valence-electron chi connectivity index (χ2n) is 4.77. The summed E-state index contributed by atoms with van der Waals surface area (Å²) in [6.07, 6.45) is 0.401. The zero-order valence-corrected chi connectivity index (χ0v) is 11.8. The van der Waals surface area contributed by atoms with Crippen molar-refractivity contribution in [3.8, 4) is 0 Å². The Morgan fingerprint density at radius 2 is 2.15 bits per heavy atom. The number of carboxylic acids is 1. The van der Waals surface area contributed by atoms with E-state index in [2.05, 4.69) is 5.32 Å². The number of carbonyl (C=O) groups excluding carboxylic acids is 1. The SMILES string of the molecule is CC1OCCC1C(=O)N[C@@H](C(=O)O)c1ccccc1Cl. The predicted molar refractivity (Wildman–Crippen MR) is 73.5 cm³/mol. The molecule has 2 rings (SSSR count). The van der Waals surface area contributed by atoms with E-state index in [4.69, 9.17) is 16.3 Å². The molecule has 3 atom stereocenters. The van der Waals surface area contributed by atoms with Gasteiger partial charge in [0.05, 0.1) is 12.0 Å². The third-order valence-electron chi connectivity index (χ3n) is 3.46. The van der Waals surface area contributed by atoms with Crippen molar-refractivity contribution in [1.82, 2.24) is 5.32 Å². The number of hydrogen-bond acceptors (Lipinski definition) is 3. The van der Waals surface area contributed by atoms with Crippen molar-refractivity contribution in [2.24, 2.45) is 5.92 Å². The number of hydrogen-bond donors (Lipinski definition) is 2. The monoisotopic (exact) mass is 297 g/mol. The van der Waals surface area contributed by atoms with E-state index >= 15 is 0 Å². The summed E-state index contributed by atoms with van der Waals surface area (Å²) in [4.78, 5) is 23.5. The van der Waals surface area contributed by atoms with E-state index in [0.29, 0.717) is 23.6 Å². The van der Waals surface area contributed by atoms with Crippen molar-refractivity contribution >= 4 is 23.5 Å². The second kappa shape index (κ2) is 6.24. The quantitative estimate of drug-likeness (QED) is 0.891. The number of carboxylic acid groups (broad SMARTS) is 1. The molecule has 1 aliphatic heterocycles. The average Bonchev–Trinajstić information content (AvgIpc) is 2.83. The van der Waals surface area contributed by atoms with E-state index in [-0.39, 0.29) is 17.9 Å². The zero-order valence-electron chi connectivity index (χ0n) is 11.0. The third kappa shape index (κ3) is 3.11. The number of nitrogens with one attached hydrogen (secondary N) is 1. The van der Waals surface area contributed by atoms with Crippen LogP contribution in [0, 0.1) is 5.92 Å². The molecule has 1 aromatic rings. The van der Waals surface area contributed by atoms with Crippen LogP contribution in [0.3, 0.4) is 0 Å². The van der Waals surface area contributed by atoms with Gasteiger partial charge in [0.25, 0.3) is 0 Å². The van der Waals surface area contributed by atoms with Gasteiger partial charge in [-0.25, -0.2) is 4.79 Å². The number of ether oxygens (including phenoxy) is 1. The number of aliphatic carboxylic acids is 1. The molecule has 2 unspecified atom stereocenters. The Labute approximate surface area is 121 Å². The number of amides is 1. The highest BCUT2D eigenvalue weighted by molar-refractivity contribution is 6.31. The molecule has 6 heteroatoms. The van der Waals surface area contributed by atoms with Gasteiger partial charge in [0.2, 0.25) is 5.91 Å². The van der Waals surface area contributed by atoms with Crippen molar-refractivity contribution in [2.75, 3.05) is 6.61 Å². The molecule has 108 valence electrons. The maximum atomic E-state index is 12.2. The molecule has 0 aromatic heterocycles. The van der Waals surface area contributed by atoms with Gasteiger partial charge in [-0.1, -0.05) is 29.8 Å². The molecular formula is C14H16ClNO4. The van der Waals surface area contributed by atoms with Gasteiger partial charge in [-0.05, 0) is 19.4 Å². The van der Waals surface area contributed by atoms with Crippen LogP contribution in [0.4, 0.5) is 0 Å². The van der Waals surface area contributed by atoms with Gasteiger partial charge in [-0.2, -0.15) is 0 Å². The van der Waals surface area contributed by atoms with Crippen molar-refractivity contribution in [3.05, 3.63) is 34.9 Å². The van der Waals surface area contributed by atoms with Crippen LogP contribution >= 0.6 is 11.6 Å². The minimum atomic E-state index is -1.15. The van der Waals surface area contributed by atoms with Crippen LogP contribution in [0.25, 0.3) is 0 Å². The fraction of sp³-hybridized carbons (Fsp3) is 0.429. The standard InChI is InChI=1S/C14H16ClNO4/c1-8-9(6-7-20-8)13(17)16-12(14(18)19)10-4-2-3-5-11(10)15/h2-5,8-9,12H,6-7H2,1H3,(H,16,17)(H,18,19)/t8?,9?,12-/m1/s1. The van der Waals surface area contributed by atoms with Crippen LogP contribution < -0.4 is 5.32 Å². The molecule has 0 bridgehead atoms. The molecule has 1 aliphatic rings. The van der Waals surface area contributed by atoms with Gasteiger partial charge in [0.1, 0.15) is 0 Å². The molecule has 0 radical (unpaired) electrons. The summed E-state index contributed by atoms with van der Waals surface area (Å²) in [7, 11) is 0. The van der Waals surface area contributed by atoms with Gasteiger partial charge in [0, 0.05) is 17.2 Å². The van der Waals surface area contributed by atoms with E-state index < -0.39 is 12.0 Å². The molecule has 20 heavy (non-hydrogen) atoms. The smallest absolute Gasteiger partial charge is 0.330 e. The van der Waals surface area contributed by atoms with E-state index in [9.17, 15) is 14.7 Å². The number of rotatable bonds is 4. The van der Waals surface area contributed by atoms with Gasteiger partial charge in [-0.3, -0.25) is 4.79 Å². The normalized spacial score (nSPS) is 23.3. The van der Waals surface area contributed by atoms with Crippen LogP contribution in [0.5, 0.6) is 0 Å². The Morgan fingerprint density at radius 3 is 2.70 bits per heavy atom. The first-order chi connectivity index (χ1) is 9.50. The van der Waals surface area contributed by atoms with Crippen molar-refractivity contribution in [1.29, 1.82) is 0 Å². The summed E-state index contributed by atoms with van der Waals surface area (Å²) in [6, 6.07) is 5.43. The summed E-state index contributed by atoms with van der Waals surface area (Å²) >= 11 is 6.00. The molecule has 0 aliphatic carbocycles. The highest BCUT2D eigenvalue weighted by atomic mass is 35.5. The summed E-state index contributed by atoms with van der Waals surface area (Å²) < 4.78 is 5.32. The first-order valence-corrected chi connectivity index (χ1v) is 6.77. The minimum absolute atomic E-state index is 0.198. The summed E-state index contributed by atoms with van der Waals surface area (Å²) in [5, 5.41) is 12.2. The van der Waals surface area contributed by atoms with Gasteiger partial charge >= 0.3 is 5.97 Å². The lowest BCUT2D eigenvalue weighted by Crippen LogP contribution is -2.39. The summed E-state index contributed by atoms with van der Waals surface area (Å²) in [5.74, 6) is -1.78. The maximum Gasteiger partial charge on any atom is 0.330 e. The minimum Gasteiger partial charge on any atom is -0.479 e. The predicted octanol–water partition coefficient (Wildman–Crippen LogP) is 2.01. The Hall–Kier alpha value is -1.59. The van der Waals surface area contributed by atoms with Crippen LogP contribution in [0.2, 0.25) is 5.02 Å². The highest BCUT2D eigenvalue weighted by Crippen LogP contribution is 2.25. The lowest BCUT2D eigenvalue weighted by molar-refractivity contribution is -0.143. The Kier molecular flexibility index (Phi) is 4.62. The fourth-order valence-electron chi connectivity index (χ4n) is 2.31. The molecule has 2 N–H and O–H groups in total. The van der Waals surface area contributed by atoms with Crippen molar-refractivity contribution in [3.63, 3.8) is 0 Å². The van der Waals surface area contributed by atoms with Gasteiger partial charge < -0.3 is 15.2 Å².